The summed E-state index contributed by atoms with van der Waals surface area (Å²) in [7, 11) is 1.81. The molecule has 20 heavy (non-hydrogen) atoms. The Morgan fingerprint density at radius 2 is 1.70 bits per heavy atom. The summed E-state index contributed by atoms with van der Waals surface area (Å²) in [6, 6.07) is 6.14. The maximum atomic E-state index is 12.9. The number of nitrogens with two attached hydrogens (primary N) is 1. The fourth-order valence-electron chi connectivity index (χ4n) is 3.13. The van der Waals surface area contributed by atoms with Crippen LogP contribution >= 0.6 is 12.2 Å². The third-order valence-corrected chi connectivity index (χ3v) is 4.63. The lowest BCUT2D eigenvalue weighted by molar-refractivity contribution is -0.124. The van der Waals surface area contributed by atoms with E-state index in [1.165, 1.54) is 0 Å². The van der Waals surface area contributed by atoms with Crippen LogP contribution in [0, 0.1) is 19.3 Å². The second kappa shape index (κ2) is 5.52. The first kappa shape index (κ1) is 15.0. The van der Waals surface area contributed by atoms with E-state index >= 15 is 0 Å². The molecule has 2 rings (SSSR count). The van der Waals surface area contributed by atoms with Crippen LogP contribution in [-0.4, -0.2) is 17.9 Å². The van der Waals surface area contributed by atoms with Crippen LogP contribution in [0.2, 0.25) is 0 Å². The second-order valence-electron chi connectivity index (χ2n) is 5.86. The SMILES string of the molecule is Cc1cc(C)cc(N(C)C(=O)C2(C(N)=S)CCCC2)c1. The molecule has 1 aliphatic rings. The van der Waals surface area contributed by atoms with Gasteiger partial charge >= 0.3 is 0 Å². The molecule has 0 spiro atoms. The number of nitrogens with zero attached hydrogens (tertiary/aromatic N) is 1. The quantitative estimate of drug-likeness (QED) is 0.870. The molecule has 1 aromatic carbocycles. The number of rotatable bonds is 3. The van der Waals surface area contributed by atoms with Gasteiger partial charge in [-0.1, -0.05) is 31.1 Å². The number of hydrogen-bond donors (Lipinski definition) is 1. The van der Waals surface area contributed by atoms with Crippen molar-refractivity contribution in [3.05, 3.63) is 29.3 Å². The fourth-order valence-corrected chi connectivity index (χ4v) is 3.42. The third kappa shape index (κ3) is 2.57. The highest BCUT2D eigenvalue weighted by Gasteiger charge is 2.45. The van der Waals surface area contributed by atoms with E-state index in [1.807, 2.05) is 33.0 Å². The van der Waals surface area contributed by atoms with Gasteiger partial charge in [-0.2, -0.15) is 0 Å². The van der Waals surface area contributed by atoms with Crippen molar-refractivity contribution >= 4 is 28.8 Å². The molecule has 0 bridgehead atoms. The second-order valence-corrected chi connectivity index (χ2v) is 6.30. The van der Waals surface area contributed by atoms with Gasteiger partial charge in [0.1, 0.15) is 0 Å². The van der Waals surface area contributed by atoms with Crippen LogP contribution < -0.4 is 10.6 Å². The zero-order valence-electron chi connectivity index (χ0n) is 12.4. The lowest BCUT2D eigenvalue weighted by Crippen LogP contribution is -2.48. The topological polar surface area (TPSA) is 46.3 Å². The van der Waals surface area contributed by atoms with Crippen LogP contribution in [0.4, 0.5) is 5.69 Å². The lowest BCUT2D eigenvalue weighted by atomic mass is 9.84. The number of anilines is 1. The Bertz CT molecular complexity index is 527. The van der Waals surface area contributed by atoms with Gasteiger partial charge in [-0.15, -0.1) is 0 Å². The van der Waals surface area contributed by atoms with E-state index in [0.717, 1.165) is 42.5 Å². The first-order valence-corrected chi connectivity index (χ1v) is 7.44. The van der Waals surface area contributed by atoms with Crippen molar-refractivity contribution in [3.8, 4) is 0 Å². The molecular formula is C16H22N2OS. The lowest BCUT2D eigenvalue weighted by Gasteiger charge is -2.31. The molecule has 0 saturated heterocycles. The molecule has 4 heteroatoms. The number of benzene rings is 1. The van der Waals surface area contributed by atoms with Crippen LogP contribution in [0.3, 0.4) is 0 Å². The van der Waals surface area contributed by atoms with Gasteiger partial charge in [0.25, 0.3) is 0 Å². The van der Waals surface area contributed by atoms with Gasteiger partial charge in [0, 0.05) is 12.7 Å². The maximum Gasteiger partial charge on any atom is 0.239 e. The van der Waals surface area contributed by atoms with Crippen molar-refractivity contribution in [2.75, 3.05) is 11.9 Å². The predicted octanol–water partition coefficient (Wildman–Crippen LogP) is 3.11. The molecule has 0 aromatic heterocycles. The van der Waals surface area contributed by atoms with Crippen molar-refractivity contribution in [1.82, 2.24) is 0 Å². The van der Waals surface area contributed by atoms with Gasteiger partial charge in [-0.05, 0) is 49.9 Å². The fraction of sp³-hybridized carbons (Fsp3) is 0.500. The van der Waals surface area contributed by atoms with E-state index in [0.29, 0.717) is 4.99 Å². The van der Waals surface area contributed by atoms with Crippen LogP contribution in [0.15, 0.2) is 18.2 Å². The molecule has 0 aliphatic heterocycles. The van der Waals surface area contributed by atoms with E-state index in [1.54, 1.807) is 4.90 Å². The Balaban J connectivity index is 2.34. The van der Waals surface area contributed by atoms with Crippen molar-refractivity contribution in [3.63, 3.8) is 0 Å². The molecule has 1 amide bonds. The number of carbonyl (C=O) groups excluding carboxylic acids is 1. The number of hydrogen-bond acceptors (Lipinski definition) is 2. The Hall–Kier alpha value is -1.42. The van der Waals surface area contributed by atoms with Gasteiger partial charge in [0.05, 0.1) is 10.4 Å². The van der Waals surface area contributed by atoms with E-state index in [4.69, 9.17) is 18.0 Å². The minimum Gasteiger partial charge on any atom is -0.392 e. The molecule has 0 atom stereocenters. The maximum absolute atomic E-state index is 12.9. The predicted molar refractivity (Wildman–Crippen MR) is 87.0 cm³/mol. The van der Waals surface area contributed by atoms with Crippen LogP contribution in [0.1, 0.15) is 36.8 Å². The van der Waals surface area contributed by atoms with Crippen LogP contribution in [-0.2, 0) is 4.79 Å². The van der Waals surface area contributed by atoms with Crippen LogP contribution in [0.25, 0.3) is 0 Å². The summed E-state index contributed by atoms with van der Waals surface area (Å²) < 4.78 is 0. The minimum absolute atomic E-state index is 0.0347. The summed E-state index contributed by atoms with van der Waals surface area (Å²) in [5, 5.41) is 0. The molecule has 1 fully saturated rings. The highest BCUT2D eigenvalue weighted by Crippen LogP contribution is 2.40. The molecule has 108 valence electrons. The van der Waals surface area contributed by atoms with E-state index in [-0.39, 0.29) is 5.91 Å². The first-order valence-electron chi connectivity index (χ1n) is 7.03. The summed E-state index contributed by atoms with van der Waals surface area (Å²) in [5.41, 5.74) is 8.47. The normalized spacial score (nSPS) is 16.9. The monoisotopic (exact) mass is 290 g/mol. The van der Waals surface area contributed by atoms with E-state index < -0.39 is 5.41 Å². The smallest absolute Gasteiger partial charge is 0.239 e. The molecule has 3 nitrogen and oxygen atoms in total. The van der Waals surface area contributed by atoms with Gasteiger partial charge in [-0.25, -0.2) is 0 Å². The largest absolute Gasteiger partial charge is 0.392 e. The summed E-state index contributed by atoms with van der Waals surface area (Å²) in [6.07, 6.45) is 3.58. The number of thiocarbonyl (C=S) groups is 1. The molecule has 1 aliphatic carbocycles. The Kier molecular flexibility index (Phi) is 4.14. The standard InChI is InChI=1S/C16H22N2OS/c1-11-8-12(2)10-13(9-11)18(3)15(19)16(14(17)20)6-4-5-7-16/h8-10H,4-7H2,1-3H3,(H2,17,20). The van der Waals surface area contributed by atoms with Crippen molar-refractivity contribution in [2.24, 2.45) is 11.1 Å². The van der Waals surface area contributed by atoms with Gasteiger partial charge < -0.3 is 10.6 Å². The minimum atomic E-state index is -0.637. The van der Waals surface area contributed by atoms with Crippen LogP contribution in [0.5, 0.6) is 0 Å². The van der Waals surface area contributed by atoms with Gasteiger partial charge in [0.2, 0.25) is 5.91 Å². The van der Waals surface area contributed by atoms with E-state index in [9.17, 15) is 4.79 Å². The molecule has 1 aromatic rings. The van der Waals surface area contributed by atoms with Crippen molar-refractivity contribution in [1.29, 1.82) is 0 Å². The molecule has 0 radical (unpaired) electrons. The summed E-state index contributed by atoms with van der Waals surface area (Å²) in [4.78, 5) is 14.9. The number of aryl methyl sites for hydroxylation is 2. The summed E-state index contributed by atoms with van der Waals surface area (Å²) >= 11 is 5.19. The molecule has 0 heterocycles. The Morgan fingerprint density at radius 3 is 2.15 bits per heavy atom. The third-order valence-electron chi connectivity index (χ3n) is 4.24. The molecule has 1 saturated carbocycles. The summed E-state index contributed by atoms with van der Waals surface area (Å²) in [5.74, 6) is 0.0347. The highest BCUT2D eigenvalue weighted by molar-refractivity contribution is 7.80. The van der Waals surface area contributed by atoms with Gasteiger partial charge in [-0.3, -0.25) is 4.79 Å². The zero-order chi connectivity index (χ0) is 14.9. The first-order chi connectivity index (χ1) is 9.36. The Morgan fingerprint density at radius 1 is 1.20 bits per heavy atom. The summed E-state index contributed by atoms with van der Waals surface area (Å²) in [6.45, 7) is 4.07. The van der Waals surface area contributed by atoms with E-state index in [2.05, 4.69) is 6.07 Å². The molecular weight excluding hydrogens is 268 g/mol. The zero-order valence-corrected chi connectivity index (χ0v) is 13.2. The van der Waals surface area contributed by atoms with Crippen molar-refractivity contribution < 1.29 is 4.79 Å². The van der Waals surface area contributed by atoms with Gasteiger partial charge in [0.15, 0.2) is 0 Å². The highest BCUT2D eigenvalue weighted by atomic mass is 32.1. The Labute approximate surface area is 126 Å². The number of carbonyl (C=O) groups is 1. The van der Waals surface area contributed by atoms with Crippen molar-refractivity contribution in [2.45, 2.75) is 39.5 Å². The average Bonchev–Trinajstić information content (AvgIpc) is 2.86. The molecule has 0 unspecified atom stereocenters. The molecule has 2 N–H and O–H groups in total. The average molecular weight is 290 g/mol. The number of amides is 1.